The van der Waals surface area contributed by atoms with Crippen molar-refractivity contribution in [2.24, 2.45) is 0 Å². The number of aryl methyl sites for hydroxylation is 1. The van der Waals surface area contributed by atoms with Crippen LogP contribution < -0.4 is 10.1 Å². The molecular formula is C14H14N4O6S. The van der Waals surface area contributed by atoms with E-state index in [1.165, 1.54) is 18.3 Å². The molecule has 1 N–H and O–H groups in total. The van der Waals surface area contributed by atoms with Crippen LogP contribution in [0, 0.1) is 17.0 Å². The van der Waals surface area contributed by atoms with E-state index < -0.39 is 29.2 Å². The highest BCUT2D eigenvalue weighted by atomic mass is 32.1. The number of aromatic nitrogens is 2. The number of carbonyl (C=O) groups excluding carboxylic acids is 2. The van der Waals surface area contributed by atoms with E-state index in [0.29, 0.717) is 10.6 Å². The fraction of sp³-hybridized carbons (Fsp3) is 0.286. The molecule has 2 aromatic heterocycles. The molecule has 11 heteroatoms. The number of ether oxygens (including phenoxy) is 2. The molecule has 0 atom stereocenters. The number of nitro groups is 1. The monoisotopic (exact) mass is 366 g/mol. The van der Waals surface area contributed by atoms with Gasteiger partial charge in [-0.1, -0.05) is 11.3 Å². The lowest BCUT2D eigenvalue weighted by molar-refractivity contribution is -0.390. The average Bonchev–Trinajstić information content (AvgIpc) is 2.93. The van der Waals surface area contributed by atoms with Crippen molar-refractivity contribution < 1.29 is 24.0 Å². The van der Waals surface area contributed by atoms with E-state index in [2.05, 4.69) is 15.3 Å². The second kappa shape index (κ2) is 8.15. The molecule has 0 aliphatic rings. The number of carbonyl (C=O) groups is 2. The number of nitrogens with one attached hydrogen (secondary N) is 1. The molecule has 0 aromatic carbocycles. The number of anilines is 1. The molecule has 10 nitrogen and oxygen atoms in total. The predicted octanol–water partition coefficient (Wildman–Crippen LogP) is 1.95. The highest BCUT2D eigenvalue weighted by Gasteiger charge is 2.19. The maximum Gasteiger partial charge on any atom is 0.406 e. The fourth-order valence-electron chi connectivity index (χ4n) is 1.77. The summed E-state index contributed by atoms with van der Waals surface area (Å²) >= 11 is 0.972. The van der Waals surface area contributed by atoms with Gasteiger partial charge in [-0.3, -0.25) is 10.1 Å². The number of hydrogen-bond acceptors (Lipinski definition) is 9. The van der Waals surface area contributed by atoms with E-state index in [-0.39, 0.29) is 17.5 Å². The van der Waals surface area contributed by atoms with Crippen molar-refractivity contribution in [1.82, 2.24) is 9.97 Å². The summed E-state index contributed by atoms with van der Waals surface area (Å²) in [5, 5.41) is 13.5. The van der Waals surface area contributed by atoms with E-state index in [4.69, 9.17) is 9.47 Å². The summed E-state index contributed by atoms with van der Waals surface area (Å²) in [7, 11) is 0. The maximum absolute atomic E-state index is 11.9. The lowest BCUT2D eigenvalue weighted by Crippen LogP contribution is -2.20. The SMILES string of the molecule is CCOC(=O)c1sc(NC(=O)COc2cccnc2[N+](=O)[O-])nc1C. The molecule has 0 spiro atoms. The number of thiazole rings is 1. The Kier molecular flexibility index (Phi) is 5.95. The van der Waals surface area contributed by atoms with Gasteiger partial charge in [0.1, 0.15) is 11.1 Å². The van der Waals surface area contributed by atoms with Gasteiger partial charge in [0.15, 0.2) is 11.7 Å². The standard InChI is InChI=1S/C14H14N4O6S/c1-3-23-13(20)11-8(2)16-14(25-11)17-10(19)7-24-9-5-4-6-15-12(9)18(21)22/h4-6H,3,7H2,1-2H3,(H,16,17,19). The predicted molar refractivity (Wildman–Crippen MR) is 87.8 cm³/mol. The van der Waals surface area contributed by atoms with Gasteiger partial charge in [-0.2, -0.15) is 0 Å². The Labute approximate surface area is 146 Å². The molecule has 0 fully saturated rings. The van der Waals surface area contributed by atoms with Crippen LogP contribution in [0.2, 0.25) is 0 Å². The van der Waals surface area contributed by atoms with Crippen LogP contribution in [0.1, 0.15) is 22.3 Å². The molecule has 0 radical (unpaired) electrons. The molecule has 2 rings (SSSR count). The van der Waals surface area contributed by atoms with Crippen LogP contribution in [0.3, 0.4) is 0 Å². The Morgan fingerprint density at radius 3 is 2.88 bits per heavy atom. The Morgan fingerprint density at radius 2 is 2.20 bits per heavy atom. The average molecular weight is 366 g/mol. The molecule has 2 aromatic rings. The molecule has 0 aliphatic heterocycles. The lowest BCUT2D eigenvalue weighted by atomic mass is 10.4. The van der Waals surface area contributed by atoms with Gasteiger partial charge >= 0.3 is 11.8 Å². The van der Waals surface area contributed by atoms with Crippen molar-refractivity contribution >= 4 is 34.2 Å². The van der Waals surface area contributed by atoms with E-state index in [9.17, 15) is 19.7 Å². The summed E-state index contributed by atoms with van der Waals surface area (Å²) in [5.74, 6) is -1.70. The summed E-state index contributed by atoms with van der Waals surface area (Å²) in [6, 6.07) is 2.79. The molecule has 132 valence electrons. The van der Waals surface area contributed by atoms with Gasteiger partial charge in [-0.15, -0.1) is 0 Å². The van der Waals surface area contributed by atoms with Gasteiger partial charge in [-0.25, -0.2) is 9.78 Å². The van der Waals surface area contributed by atoms with Gasteiger partial charge in [0, 0.05) is 0 Å². The van der Waals surface area contributed by atoms with Crippen LogP contribution in [0.5, 0.6) is 5.75 Å². The zero-order valence-electron chi connectivity index (χ0n) is 13.3. The third kappa shape index (κ3) is 4.70. The molecule has 1 amide bonds. The largest absolute Gasteiger partial charge is 0.476 e. The van der Waals surface area contributed by atoms with E-state index in [1.54, 1.807) is 13.8 Å². The first-order chi connectivity index (χ1) is 11.9. The molecule has 0 unspecified atom stereocenters. The summed E-state index contributed by atoms with van der Waals surface area (Å²) in [6.45, 7) is 3.06. The first kappa shape index (κ1) is 18.3. The number of amides is 1. The van der Waals surface area contributed by atoms with Crippen LogP contribution in [-0.4, -0.2) is 40.0 Å². The van der Waals surface area contributed by atoms with Gasteiger partial charge in [0.05, 0.1) is 12.3 Å². The number of nitrogens with zero attached hydrogens (tertiary/aromatic N) is 3. The van der Waals surface area contributed by atoms with Gasteiger partial charge in [-0.05, 0) is 35.9 Å². The number of hydrogen-bond donors (Lipinski definition) is 1. The van der Waals surface area contributed by atoms with Crippen molar-refractivity contribution in [1.29, 1.82) is 0 Å². The highest BCUT2D eigenvalue weighted by Crippen LogP contribution is 2.24. The summed E-state index contributed by atoms with van der Waals surface area (Å²) in [6.07, 6.45) is 1.25. The Morgan fingerprint density at radius 1 is 1.44 bits per heavy atom. The van der Waals surface area contributed by atoms with Crippen molar-refractivity contribution in [3.8, 4) is 5.75 Å². The minimum atomic E-state index is -0.705. The minimum absolute atomic E-state index is 0.120. The first-order valence-corrected chi connectivity index (χ1v) is 7.90. The quantitative estimate of drug-likeness (QED) is 0.446. The normalized spacial score (nSPS) is 10.2. The first-order valence-electron chi connectivity index (χ1n) is 7.09. The fourth-order valence-corrected chi connectivity index (χ4v) is 2.64. The van der Waals surface area contributed by atoms with Gasteiger partial charge < -0.3 is 19.6 Å². The third-order valence-electron chi connectivity index (χ3n) is 2.79. The minimum Gasteiger partial charge on any atom is -0.476 e. The topological polar surface area (TPSA) is 134 Å². The molecule has 25 heavy (non-hydrogen) atoms. The lowest BCUT2D eigenvalue weighted by Gasteiger charge is -2.05. The molecule has 2 heterocycles. The second-order valence-electron chi connectivity index (χ2n) is 4.57. The zero-order chi connectivity index (χ0) is 18.4. The van der Waals surface area contributed by atoms with Crippen LogP contribution in [0.25, 0.3) is 0 Å². The van der Waals surface area contributed by atoms with E-state index >= 15 is 0 Å². The van der Waals surface area contributed by atoms with Crippen molar-refractivity contribution in [3.63, 3.8) is 0 Å². The van der Waals surface area contributed by atoms with E-state index in [0.717, 1.165) is 11.3 Å². The summed E-state index contributed by atoms with van der Waals surface area (Å²) in [5.41, 5.74) is 0.433. The van der Waals surface area contributed by atoms with Crippen molar-refractivity contribution in [2.75, 3.05) is 18.5 Å². The Hall–Kier alpha value is -3.08. The molecule has 0 bridgehead atoms. The van der Waals surface area contributed by atoms with Crippen LogP contribution >= 0.6 is 11.3 Å². The van der Waals surface area contributed by atoms with Crippen LogP contribution in [0.15, 0.2) is 18.3 Å². The summed E-state index contributed by atoms with van der Waals surface area (Å²) < 4.78 is 10.0. The van der Waals surface area contributed by atoms with Crippen LogP contribution in [0.4, 0.5) is 10.9 Å². The zero-order valence-corrected chi connectivity index (χ0v) is 14.2. The summed E-state index contributed by atoms with van der Waals surface area (Å²) in [4.78, 5) is 41.7. The molecule has 0 aliphatic carbocycles. The number of esters is 1. The van der Waals surface area contributed by atoms with Gasteiger partial charge in [0.2, 0.25) is 5.75 Å². The Bertz CT molecular complexity index is 806. The van der Waals surface area contributed by atoms with Crippen molar-refractivity contribution in [2.45, 2.75) is 13.8 Å². The highest BCUT2D eigenvalue weighted by molar-refractivity contribution is 7.17. The van der Waals surface area contributed by atoms with E-state index in [1.807, 2.05) is 0 Å². The smallest absolute Gasteiger partial charge is 0.406 e. The number of rotatable bonds is 7. The second-order valence-corrected chi connectivity index (χ2v) is 5.57. The van der Waals surface area contributed by atoms with Crippen molar-refractivity contribution in [3.05, 3.63) is 39.0 Å². The number of pyridine rings is 1. The van der Waals surface area contributed by atoms with Gasteiger partial charge in [0.25, 0.3) is 5.91 Å². The third-order valence-corrected chi connectivity index (χ3v) is 3.84. The molecular weight excluding hydrogens is 352 g/mol. The maximum atomic E-state index is 11.9. The molecule has 0 saturated carbocycles. The van der Waals surface area contributed by atoms with Crippen LogP contribution in [-0.2, 0) is 9.53 Å². The Balaban J connectivity index is 1.98. The molecule has 0 saturated heterocycles.